The van der Waals surface area contributed by atoms with E-state index in [2.05, 4.69) is 20.4 Å². The summed E-state index contributed by atoms with van der Waals surface area (Å²) < 4.78 is 0. The molecule has 0 fully saturated rings. The predicted molar refractivity (Wildman–Crippen MR) is 45.7 cm³/mol. The normalized spacial score (nSPS) is 13.4. The molecule has 0 spiro atoms. The maximum atomic E-state index is 9.40. The molecule has 0 unspecified atom stereocenters. The van der Waals surface area contributed by atoms with Crippen molar-refractivity contribution in [1.29, 1.82) is 0 Å². The summed E-state index contributed by atoms with van der Waals surface area (Å²) in [7, 11) is 0. The van der Waals surface area contributed by atoms with Crippen molar-refractivity contribution >= 4 is 11.2 Å². The first-order valence-electron chi connectivity index (χ1n) is 3.86. The number of nitrogens with two attached hydrogens (primary N) is 1. The van der Waals surface area contributed by atoms with Crippen molar-refractivity contribution in [2.24, 2.45) is 5.73 Å². The van der Waals surface area contributed by atoms with Gasteiger partial charge in [-0.3, -0.25) is 0 Å². The summed E-state index contributed by atoms with van der Waals surface area (Å²) >= 11 is 0. The highest BCUT2D eigenvalue weighted by Gasteiger charge is 2.07. The lowest BCUT2D eigenvalue weighted by Crippen LogP contribution is -2.11. The van der Waals surface area contributed by atoms with Crippen molar-refractivity contribution in [2.45, 2.75) is 6.10 Å². The van der Waals surface area contributed by atoms with Crippen LogP contribution >= 0.6 is 0 Å². The molecule has 0 bridgehead atoms. The predicted octanol–water partition coefficient (Wildman–Crippen LogP) is -0.655. The number of pyridine rings is 1. The smallest absolute Gasteiger partial charge is 0.201 e. The first kappa shape index (κ1) is 8.09. The van der Waals surface area contributed by atoms with Gasteiger partial charge < -0.3 is 10.8 Å². The molecule has 0 saturated heterocycles. The third-order valence-corrected chi connectivity index (χ3v) is 1.80. The van der Waals surface area contributed by atoms with Crippen LogP contribution in [0, 0.1) is 0 Å². The van der Waals surface area contributed by atoms with Crippen molar-refractivity contribution in [3.05, 3.63) is 17.8 Å². The van der Waals surface area contributed by atoms with E-state index in [1.807, 2.05) is 0 Å². The van der Waals surface area contributed by atoms with Crippen molar-refractivity contribution in [1.82, 2.24) is 20.4 Å². The maximum Gasteiger partial charge on any atom is 0.201 e. The molecule has 6 nitrogen and oxygen atoms in total. The van der Waals surface area contributed by atoms with Crippen LogP contribution in [0.4, 0.5) is 0 Å². The zero-order valence-electron chi connectivity index (χ0n) is 6.81. The number of H-pyrrole nitrogens is 1. The highest BCUT2D eigenvalue weighted by atomic mass is 16.3. The van der Waals surface area contributed by atoms with Crippen LogP contribution in [0.15, 0.2) is 12.3 Å². The van der Waals surface area contributed by atoms with E-state index in [0.29, 0.717) is 16.7 Å². The molecule has 0 aliphatic heterocycles. The Morgan fingerprint density at radius 1 is 1.54 bits per heavy atom. The van der Waals surface area contributed by atoms with Crippen molar-refractivity contribution in [3.8, 4) is 0 Å². The van der Waals surface area contributed by atoms with Gasteiger partial charge >= 0.3 is 0 Å². The molecular weight excluding hydrogens is 170 g/mol. The number of rotatable bonds is 2. The van der Waals surface area contributed by atoms with Gasteiger partial charge in [-0.2, -0.15) is 10.3 Å². The van der Waals surface area contributed by atoms with E-state index >= 15 is 0 Å². The van der Waals surface area contributed by atoms with E-state index in [1.165, 1.54) is 0 Å². The van der Waals surface area contributed by atoms with Gasteiger partial charge in [-0.05, 0) is 6.07 Å². The molecule has 2 heterocycles. The standard InChI is InChI=1S/C7H9N5O/c8-2-6(13)4-1-5-7(9-3-4)11-12-10-5/h1,3,6,13H,2,8H2,(H,9,10,11,12)/t6-/m1/s1. The number of aromatic nitrogens is 4. The fraction of sp³-hybridized carbons (Fsp3) is 0.286. The van der Waals surface area contributed by atoms with Gasteiger partial charge in [-0.15, -0.1) is 5.10 Å². The van der Waals surface area contributed by atoms with Crippen LogP contribution in [0.25, 0.3) is 11.2 Å². The third-order valence-electron chi connectivity index (χ3n) is 1.80. The van der Waals surface area contributed by atoms with Gasteiger partial charge in [-0.1, -0.05) is 0 Å². The van der Waals surface area contributed by atoms with Crippen LogP contribution in [-0.2, 0) is 0 Å². The van der Waals surface area contributed by atoms with Gasteiger partial charge in [0.1, 0.15) is 5.52 Å². The highest BCUT2D eigenvalue weighted by molar-refractivity contribution is 5.69. The van der Waals surface area contributed by atoms with Crippen LogP contribution in [0.1, 0.15) is 11.7 Å². The van der Waals surface area contributed by atoms with Gasteiger partial charge in [0.25, 0.3) is 0 Å². The summed E-state index contributed by atoms with van der Waals surface area (Å²) in [5.41, 5.74) is 7.12. The summed E-state index contributed by atoms with van der Waals surface area (Å²) in [6, 6.07) is 1.71. The number of hydrogen-bond acceptors (Lipinski definition) is 5. The second-order valence-electron chi connectivity index (χ2n) is 2.69. The maximum absolute atomic E-state index is 9.40. The highest BCUT2D eigenvalue weighted by Crippen LogP contribution is 2.13. The Bertz CT molecular complexity index is 412. The summed E-state index contributed by atoms with van der Waals surface area (Å²) in [5, 5.41) is 19.5. The van der Waals surface area contributed by atoms with Crippen molar-refractivity contribution in [3.63, 3.8) is 0 Å². The fourth-order valence-electron chi connectivity index (χ4n) is 1.07. The van der Waals surface area contributed by atoms with Crippen LogP contribution in [0.5, 0.6) is 0 Å². The van der Waals surface area contributed by atoms with Gasteiger partial charge in [0, 0.05) is 18.3 Å². The number of fused-ring (bicyclic) bond motifs is 1. The Kier molecular flexibility index (Phi) is 1.91. The fourth-order valence-corrected chi connectivity index (χ4v) is 1.07. The molecule has 2 rings (SSSR count). The molecule has 0 radical (unpaired) electrons. The van der Waals surface area contributed by atoms with E-state index in [-0.39, 0.29) is 6.54 Å². The second-order valence-corrected chi connectivity index (χ2v) is 2.69. The van der Waals surface area contributed by atoms with E-state index in [0.717, 1.165) is 0 Å². The Morgan fingerprint density at radius 3 is 3.15 bits per heavy atom. The van der Waals surface area contributed by atoms with Crippen LogP contribution < -0.4 is 5.73 Å². The third kappa shape index (κ3) is 1.36. The van der Waals surface area contributed by atoms with E-state index < -0.39 is 6.10 Å². The Hall–Kier alpha value is -1.53. The zero-order valence-corrected chi connectivity index (χ0v) is 6.81. The molecule has 6 heteroatoms. The molecular formula is C7H9N5O. The molecule has 2 aromatic rings. The number of nitrogens with zero attached hydrogens (tertiary/aromatic N) is 3. The zero-order chi connectivity index (χ0) is 9.26. The number of hydrogen-bond donors (Lipinski definition) is 3. The number of aliphatic hydroxyl groups is 1. The minimum atomic E-state index is -0.686. The average Bonchev–Trinajstić information content (AvgIpc) is 2.63. The SMILES string of the molecule is NC[C@@H](O)c1cnc2n[nH]nc2c1. The lowest BCUT2D eigenvalue weighted by atomic mass is 10.1. The molecule has 0 aromatic carbocycles. The Morgan fingerprint density at radius 2 is 2.38 bits per heavy atom. The summed E-state index contributed by atoms with van der Waals surface area (Å²) in [6.07, 6.45) is 0.858. The number of aromatic amines is 1. The van der Waals surface area contributed by atoms with Gasteiger partial charge in [0.15, 0.2) is 0 Å². The largest absolute Gasteiger partial charge is 0.387 e. The second kappa shape index (κ2) is 3.08. The quantitative estimate of drug-likeness (QED) is 0.568. The number of aliphatic hydroxyl groups excluding tert-OH is 1. The van der Waals surface area contributed by atoms with E-state index in [1.54, 1.807) is 12.3 Å². The molecule has 0 aliphatic carbocycles. The van der Waals surface area contributed by atoms with Gasteiger partial charge in [0.05, 0.1) is 6.10 Å². The Labute approximate surface area is 73.8 Å². The summed E-state index contributed by atoms with van der Waals surface area (Å²) in [6.45, 7) is 0.172. The summed E-state index contributed by atoms with van der Waals surface area (Å²) in [4.78, 5) is 3.99. The van der Waals surface area contributed by atoms with Crippen LogP contribution in [0.3, 0.4) is 0 Å². The minimum Gasteiger partial charge on any atom is -0.387 e. The lowest BCUT2D eigenvalue weighted by molar-refractivity contribution is 0.186. The van der Waals surface area contributed by atoms with E-state index in [4.69, 9.17) is 5.73 Å². The first-order valence-corrected chi connectivity index (χ1v) is 3.86. The van der Waals surface area contributed by atoms with Crippen LogP contribution in [0.2, 0.25) is 0 Å². The molecule has 0 aliphatic rings. The van der Waals surface area contributed by atoms with E-state index in [9.17, 15) is 5.11 Å². The molecule has 0 amide bonds. The lowest BCUT2D eigenvalue weighted by Gasteiger charge is -2.05. The first-order chi connectivity index (χ1) is 6.31. The Balaban J connectivity index is 2.48. The molecule has 4 N–H and O–H groups in total. The van der Waals surface area contributed by atoms with Crippen molar-refractivity contribution in [2.75, 3.05) is 6.54 Å². The molecule has 0 saturated carbocycles. The topological polar surface area (TPSA) is 101 Å². The molecule has 68 valence electrons. The average molecular weight is 179 g/mol. The van der Waals surface area contributed by atoms with Crippen molar-refractivity contribution < 1.29 is 5.11 Å². The minimum absolute atomic E-state index is 0.172. The molecule has 2 aromatic heterocycles. The molecule has 1 atom stereocenters. The number of nitrogens with one attached hydrogen (secondary N) is 1. The van der Waals surface area contributed by atoms with Gasteiger partial charge in [0.2, 0.25) is 5.65 Å². The van der Waals surface area contributed by atoms with Gasteiger partial charge in [-0.25, -0.2) is 4.98 Å². The van der Waals surface area contributed by atoms with Crippen LogP contribution in [-0.4, -0.2) is 32.0 Å². The molecule has 13 heavy (non-hydrogen) atoms. The monoisotopic (exact) mass is 179 g/mol. The summed E-state index contributed by atoms with van der Waals surface area (Å²) in [5.74, 6) is 0.